The fraction of sp³-hybridized carbons (Fsp3) is 0.360. The van der Waals surface area contributed by atoms with E-state index in [2.05, 4.69) is 20.6 Å². The van der Waals surface area contributed by atoms with Crippen molar-refractivity contribution in [2.45, 2.75) is 18.6 Å². The minimum atomic E-state index is -0.404. The van der Waals surface area contributed by atoms with E-state index >= 15 is 0 Å². The Morgan fingerprint density at radius 3 is 2.54 bits per heavy atom. The van der Waals surface area contributed by atoms with Crippen LogP contribution in [0.5, 0.6) is 0 Å². The number of para-hydroxylation sites is 1. The molecule has 1 aliphatic heterocycles. The molecule has 1 aliphatic rings. The largest absolute Gasteiger partial charge is 0.383 e. The molecule has 8 nitrogen and oxygen atoms in total. The van der Waals surface area contributed by atoms with Crippen molar-refractivity contribution in [3.63, 3.8) is 0 Å². The van der Waals surface area contributed by atoms with Crippen molar-refractivity contribution in [3.05, 3.63) is 76.7 Å². The fourth-order valence-electron chi connectivity index (χ4n) is 4.33. The molecule has 0 spiro atoms. The van der Waals surface area contributed by atoms with Crippen LogP contribution in [0, 0.1) is 5.82 Å². The molecule has 0 radical (unpaired) electrons. The zero-order valence-corrected chi connectivity index (χ0v) is 20.5. The van der Waals surface area contributed by atoms with E-state index < -0.39 is 6.03 Å². The Hall–Kier alpha value is -2.98. The second-order valence-corrected chi connectivity index (χ2v) is 8.78. The summed E-state index contributed by atoms with van der Waals surface area (Å²) in [5.41, 5.74) is 2.23. The van der Waals surface area contributed by atoms with E-state index in [0.717, 1.165) is 24.3 Å². The van der Waals surface area contributed by atoms with Gasteiger partial charge in [-0.2, -0.15) is 5.10 Å². The molecule has 1 saturated heterocycles. The van der Waals surface area contributed by atoms with Crippen LogP contribution in [-0.2, 0) is 16.1 Å². The van der Waals surface area contributed by atoms with Crippen molar-refractivity contribution >= 4 is 23.4 Å². The lowest BCUT2D eigenvalue weighted by molar-refractivity contribution is 0.159. The second kappa shape index (κ2) is 11.6. The number of amides is 2. The number of urea groups is 1. The molecule has 2 heterocycles. The molecule has 0 unspecified atom stereocenters. The topological polar surface area (TPSA) is 80.7 Å². The zero-order chi connectivity index (χ0) is 24.8. The molecular formula is C25H29ClFN5O3. The van der Waals surface area contributed by atoms with Crippen molar-refractivity contribution in [1.29, 1.82) is 0 Å². The van der Waals surface area contributed by atoms with Gasteiger partial charge >= 0.3 is 6.03 Å². The Morgan fingerprint density at radius 1 is 1.11 bits per heavy atom. The van der Waals surface area contributed by atoms with E-state index in [1.54, 1.807) is 31.0 Å². The lowest BCUT2D eigenvalue weighted by Crippen LogP contribution is -2.42. The fourth-order valence-corrected chi connectivity index (χ4v) is 4.55. The first-order valence-electron chi connectivity index (χ1n) is 11.4. The SMILES string of the molecule is COCCN1C[C@@H](NC(=O)Nc2c(Cl)c(COC)nn2-c2ccccc2)[C@H](c2ccc(F)cc2)C1. The maximum atomic E-state index is 13.5. The van der Waals surface area contributed by atoms with Gasteiger partial charge < -0.3 is 14.8 Å². The van der Waals surface area contributed by atoms with E-state index in [9.17, 15) is 9.18 Å². The first-order valence-corrected chi connectivity index (χ1v) is 11.7. The molecule has 0 aliphatic carbocycles. The van der Waals surface area contributed by atoms with Gasteiger partial charge in [0.05, 0.1) is 24.9 Å². The molecule has 0 bridgehead atoms. The number of benzene rings is 2. The highest BCUT2D eigenvalue weighted by Crippen LogP contribution is 2.31. The van der Waals surface area contributed by atoms with Gasteiger partial charge in [-0.05, 0) is 29.8 Å². The number of carbonyl (C=O) groups excluding carboxylic acids is 1. The van der Waals surface area contributed by atoms with Gasteiger partial charge in [0.25, 0.3) is 0 Å². The van der Waals surface area contributed by atoms with Crippen LogP contribution in [0.1, 0.15) is 17.2 Å². The molecule has 4 rings (SSSR count). The number of halogens is 2. The van der Waals surface area contributed by atoms with Gasteiger partial charge in [0, 0.05) is 39.8 Å². The third-order valence-electron chi connectivity index (χ3n) is 6.03. The molecule has 3 aromatic rings. The van der Waals surface area contributed by atoms with Gasteiger partial charge in [0.2, 0.25) is 0 Å². The summed E-state index contributed by atoms with van der Waals surface area (Å²) in [6.45, 7) is 2.89. The van der Waals surface area contributed by atoms with Crippen LogP contribution in [0.4, 0.5) is 15.0 Å². The maximum absolute atomic E-state index is 13.5. The van der Waals surface area contributed by atoms with E-state index in [1.807, 2.05) is 30.3 Å². The molecule has 2 amide bonds. The number of rotatable bonds is 9. The standard InChI is InChI=1S/C25H29ClFN5O3/c1-34-13-12-31-14-20(17-8-10-18(27)11-9-17)21(15-31)28-25(33)29-24-23(26)22(16-35-2)30-32(24)19-6-4-3-5-7-19/h3-11,20-21H,12-16H2,1-2H3,(H2,28,29,33)/t20-,21+/m0/s1. The third kappa shape index (κ3) is 5.99. The highest BCUT2D eigenvalue weighted by molar-refractivity contribution is 6.34. The van der Waals surface area contributed by atoms with Gasteiger partial charge in [-0.15, -0.1) is 0 Å². The number of nitrogens with one attached hydrogen (secondary N) is 2. The summed E-state index contributed by atoms with van der Waals surface area (Å²) in [4.78, 5) is 15.4. The average Bonchev–Trinajstić information content (AvgIpc) is 3.40. The monoisotopic (exact) mass is 501 g/mol. The summed E-state index contributed by atoms with van der Waals surface area (Å²) in [6.07, 6.45) is 0. The van der Waals surface area contributed by atoms with Crippen LogP contribution in [0.15, 0.2) is 54.6 Å². The number of nitrogens with zero attached hydrogens (tertiary/aromatic N) is 3. The first kappa shape index (κ1) is 25.1. The first-order chi connectivity index (χ1) is 17.0. The Labute approximate surface area is 209 Å². The zero-order valence-electron chi connectivity index (χ0n) is 19.7. The van der Waals surface area contributed by atoms with Crippen molar-refractivity contribution < 1.29 is 18.7 Å². The maximum Gasteiger partial charge on any atom is 0.320 e. The molecule has 2 atom stereocenters. The van der Waals surface area contributed by atoms with Crippen LogP contribution in [-0.4, -0.2) is 67.2 Å². The Bertz CT molecular complexity index is 1130. The third-order valence-corrected chi connectivity index (χ3v) is 6.43. The highest BCUT2D eigenvalue weighted by Gasteiger charge is 2.35. The predicted octanol–water partition coefficient (Wildman–Crippen LogP) is 4.05. The smallest absolute Gasteiger partial charge is 0.320 e. The quantitative estimate of drug-likeness (QED) is 0.462. The number of carbonyl (C=O) groups is 1. The number of methoxy groups -OCH3 is 2. The molecule has 1 aromatic heterocycles. The van der Waals surface area contributed by atoms with Crippen LogP contribution in [0.3, 0.4) is 0 Å². The predicted molar refractivity (Wildman–Crippen MR) is 133 cm³/mol. The lowest BCUT2D eigenvalue weighted by atomic mass is 9.94. The number of anilines is 1. The minimum absolute atomic E-state index is 0.00300. The number of hydrogen-bond donors (Lipinski definition) is 2. The number of likely N-dealkylation sites (tertiary alicyclic amines) is 1. The second-order valence-electron chi connectivity index (χ2n) is 8.41. The molecule has 1 fully saturated rings. The van der Waals surface area contributed by atoms with Crippen molar-refractivity contribution in [3.8, 4) is 5.69 Å². The van der Waals surface area contributed by atoms with E-state index in [0.29, 0.717) is 29.7 Å². The van der Waals surface area contributed by atoms with Gasteiger partial charge in [-0.3, -0.25) is 10.2 Å². The van der Waals surface area contributed by atoms with Gasteiger partial charge in [-0.1, -0.05) is 41.9 Å². The summed E-state index contributed by atoms with van der Waals surface area (Å²) >= 11 is 6.58. The van der Waals surface area contributed by atoms with Crippen molar-refractivity contribution in [2.75, 3.05) is 45.8 Å². The lowest BCUT2D eigenvalue weighted by Gasteiger charge is -2.21. The Morgan fingerprint density at radius 2 is 1.86 bits per heavy atom. The van der Waals surface area contributed by atoms with Gasteiger partial charge in [0.15, 0.2) is 5.82 Å². The van der Waals surface area contributed by atoms with Gasteiger partial charge in [-0.25, -0.2) is 13.9 Å². The molecular weight excluding hydrogens is 473 g/mol. The van der Waals surface area contributed by atoms with Crippen molar-refractivity contribution in [1.82, 2.24) is 20.0 Å². The molecule has 0 saturated carbocycles. The molecule has 35 heavy (non-hydrogen) atoms. The van der Waals surface area contributed by atoms with E-state index in [1.165, 1.54) is 12.1 Å². The minimum Gasteiger partial charge on any atom is -0.383 e. The van der Waals surface area contributed by atoms with Crippen LogP contribution in [0.2, 0.25) is 5.02 Å². The Kier molecular flexibility index (Phi) is 8.35. The number of hydrogen-bond acceptors (Lipinski definition) is 5. The Balaban J connectivity index is 1.55. The summed E-state index contributed by atoms with van der Waals surface area (Å²) in [6, 6.07) is 15.2. The van der Waals surface area contributed by atoms with E-state index in [-0.39, 0.29) is 24.4 Å². The average molecular weight is 502 g/mol. The summed E-state index contributed by atoms with van der Waals surface area (Å²) in [5.74, 6) is 0.0627. The number of aromatic nitrogens is 2. The normalized spacial score (nSPS) is 18.1. The molecule has 2 aromatic carbocycles. The molecule has 10 heteroatoms. The van der Waals surface area contributed by atoms with Crippen LogP contribution >= 0.6 is 11.6 Å². The highest BCUT2D eigenvalue weighted by atomic mass is 35.5. The van der Waals surface area contributed by atoms with Crippen LogP contribution < -0.4 is 10.6 Å². The summed E-state index contributed by atoms with van der Waals surface area (Å²) in [5, 5.41) is 10.8. The van der Waals surface area contributed by atoms with E-state index in [4.69, 9.17) is 21.1 Å². The molecule has 186 valence electrons. The van der Waals surface area contributed by atoms with Crippen LogP contribution in [0.25, 0.3) is 5.69 Å². The molecule has 2 N–H and O–H groups in total. The summed E-state index contributed by atoms with van der Waals surface area (Å²) < 4.78 is 25.5. The van der Waals surface area contributed by atoms with Gasteiger partial charge in [0.1, 0.15) is 16.5 Å². The number of ether oxygens (including phenoxy) is 2. The van der Waals surface area contributed by atoms with Crippen molar-refractivity contribution in [2.24, 2.45) is 0 Å². The summed E-state index contributed by atoms with van der Waals surface area (Å²) in [7, 11) is 3.22.